The molecule has 2 aromatic rings. The quantitative estimate of drug-likeness (QED) is 0.470. The first-order valence-electron chi connectivity index (χ1n) is 8.81. The van der Waals surface area contributed by atoms with Crippen molar-refractivity contribution in [1.29, 1.82) is 5.26 Å². The van der Waals surface area contributed by atoms with E-state index in [9.17, 15) is 14.9 Å². The number of aryl methyl sites for hydroxylation is 1. The third kappa shape index (κ3) is 4.29. The van der Waals surface area contributed by atoms with E-state index in [4.69, 9.17) is 9.15 Å². The number of rotatable bonds is 5. The van der Waals surface area contributed by atoms with Gasteiger partial charge in [0.1, 0.15) is 22.4 Å². The maximum atomic E-state index is 12.6. The second-order valence-electron chi connectivity index (χ2n) is 6.51. The predicted molar refractivity (Wildman–Crippen MR) is 102 cm³/mol. The molecule has 27 heavy (non-hydrogen) atoms. The number of carbonyl (C=O) groups excluding carboxylic acids is 2. The smallest absolute Gasteiger partial charge is 0.341 e. The summed E-state index contributed by atoms with van der Waals surface area (Å²) in [5.41, 5.74) is 1.28. The van der Waals surface area contributed by atoms with E-state index in [1.54, 1.807) is 26.0 Å². The van der Waals surface area contributed by atoms with Crippen LogP contribution in [0.3, 0.4) is 0 Å². The number of fused-ring (bicyclic) bond motifs is 1. The summed E-state index contributed by atoms with van der Waals surface area (Å²) in [4.78, 5) is 26.3. The van der Waals surface area contributed by atoms with Crippen LogP contribution in [0.5, 0.6) is 0 Å². The number of furan rings is 1. The number of anilines is 1. The first-order valence-corrected chi connectivity index (χ1v) is 9.63. The largest absolute Gasteiger partial charge is 0.465 e. The van der Waals surface area contributed by atoms with Gasteiger partial charge in [-0.25, -0.2) is 4.79 Å². The summed E-state index contributed by atoms with van der Waals surface area (Å²) in [6.45, 7) is 3.57. The highest BCUT2D eigenvalue weighted by Gasteiger charge is 2.28. The molecule has 0 fully saturated rings. The summed E-state index contributed by atoms with van der Waals surface area (Å²) in [6.07, 6.45) is 6.31. The van der Waals surface area contributed by atoms with Gasteiger partial charge in [-0.2, -0.15) is 5.26 Å². The van der Waals surface area contributed by atoms with Crippen LogP contribution in [0.2, 0.25) is 0 Å². The van der Waals surface area contributed by atoms with Gasteiger partial charge < -0.3 is 14.5 Å². The van der Waals surface area contributed by atoms with Gasteiger partial charge in [0.05, 0.1) is 17.9 Å². The van der Waals surface area contributed by atoms with E-state index in [0.717, 1.165) is 36.1 Å². The minimum absolute atomic E-state index is 0.0977. The third-order valence-electron chi connectivity index (χ3n) is 4.14. The molecule has 0 atom stereocenters. The molecule has 0 bridgehead atoms. The molecule has 0 unspecified atom stereocenters. The maximum Gasteiger partial charge on any atom is 0.341 e. The molecule has 2 aromatic heterocycles. The van der Waals surface area contributed by atoms with E-state index in [0.29, 0.717) is 16.3 Å². The number of hydrogen-bond donors (Lipinski definition) is 1. The van der Waals surface area contributed by atoms with Crippen molar-refractivity contribution in [1.82, 2.24) is 0 Å². The minimum atomic E-state index is -0.578. The number of nitrogens with zero attached hydrogens (tertiary/aromatic N) is 1. The lowest BCUT2D eigenvalue weighted by Gasteiger charge is -2.14. The second-order valence-corrected chi connectivity index (χ2v) is 7.61. The standard InChI is InChI=1S/C20H20N2O4S/c1-12(2)26-20(24)17-15-7-3-4-8-16(15)27-19(17)22-18(23)13(11-21)10-14-6-5-9-25-14/h5-6,9-10,12H,3-4,7-8H2,1-2H3,(H,22,23). The van der Waals surface area contributed by atoms with Gasteiger partial charge in [0.15, 0.2) is 0 Å². The van der Waals surface area contributed by atoms with Gasteiger partial charge in [-0.1, -0.05) is 0 Å². The fraction of sp³-hybridized carbons (Fsp3) is 0.350. The Morgan fingerprint density at radius 3 is 2.81 bits per heavy atom. The number of hydrogen-bond acceptors (Lipinski definition) is 6. The normalized spacial score (nSPS) is 13.8. The van der Waals surface area contributed by atoms with E-state index in [1.807, 2.05) is 6.07 Å². The van der Waals surface area contributed by atoms with Crippen molar-refractivity contribution in [2.45, 2.75) is 45.6 Å². The zero-order chi connectivity index (χ0) is 19.4. The van der Waals surface area contributed by atoms with E-state index in [-0.39, 0.29) is 11.7 Å². The Hall–Kier alpha value is -2.85. The zero-order valence-corrected chi connectivity index (χ0v) is 16.0. The molecule has 1 aliphatic carbocycles. The fourth-order valence-electron chi connectivity index (χ4n) is 2.98. The maximum absolute atomic E-state index is 12.6. The van der Waals surface area contributed by atoms with Crippen molar-refractivity contribution in [3.05, 3.63) is 45.7 Å². The van der Waals surface area contributed by atoms with Gasteiger partial charge in [0.25, 0.3) is 5.91 Å². The number of amides is 1. The molecule has 0 saturated heterocycles. The predicted octanol–water partition coefficient (Wildman–Crippen LogP) is 4.33. The minimum Gasteiger partial charge on any atom is -0.465 e. The average Bonchev–Trinajstić information content (AvgIpc) is 3.25. The van der Waals surface area contributed by atoms with Gasteiger partial charge in [-0.3, -0.25) is 4.79 Å². The summed E-state index contributed by atoms with van der Waals surface area (Å²) in [5.74, 6) is -0.606. The Balaban J connectivity index is 1.92. The number of carbonyl (C=O) groups is 2. The lowest BCUT2D eigenvalue weighted by atomic mass is 9.95. The monoisotopic (exact) mass is 384 g/mol. The molecule has 0 saturated carbocycles. The van der Waals surface area contributed by atoms with Crippen LogP contribution in [0.4, 0.5) is 5.00 Å². The summed E-state index contributed by atoms with van der Waals surface area (Å²) >= 11 is 1.39. The van der Waals surface area contributed by atoms with E-state index >= 15 is 0 Å². The number of thiophene rings is 1. The van der Waals surface area contributed by atoms with Crippen LogP contribution in [0.15, 0.2) is 28.4 Å². The van der Waals surface area contributed by atoms with Crippen molar-refractivity contribution in [3.8, 4) is 6.07 Å². The second kappa shape index (κ2) is 8.23. The molecule has 0 radical (unpaired) electrons. The number of ether oxygens (including phenoxy) is 1. The Labute approximate surface area is 161 Å². The summed E-state index contributed by atoms with van der Waals surface area (Å²) in [7, 11) is 0. The highest BCUT2D eigenvalue weighted by atomic mass is 32.1. The Bertz CT molecular complexity index is 917. The fourth-order valence-corrected chi connectivity index (χ4v) is 4.25. The van der Waals surface area contributed by atoms with E-state index in [1.165, 1.54) is 23.7 Å². The Morgan fingerprint density at radius 2 is 2.15 bits per heavy atom. The Kier molecular flexibility index (Phi) is 5.77. The summed E-state index contributed by atoms with van der Waals surface area (Å²) in [5, 5.41) is 12.5. The number of nitrogens with one attached hydrogen (secondary N) is 1. The summed E-state index contributed by atoms with van der Waals surface area (Å²) < 4.78 is 10.5. The molecule has 1 amide bonds. The molecule has 140 valence electrons. The number of nitriles is 1. The molecule has 1 N–H and O–H groups in total. The SMILES string of the molecule is CC(C)OC(=O)c1c(NC(=O)C(C#N)=Cc2ccco2)sc2c1CCCC2. The highest BCUT2D eigenvalue weighted by Crippen LogP contribution is 2.39. The van der Waals surface area contributed by atoms with Crippen molar-refractivity contribution < 1.29 is 18.7 Å². The Morgan fingerprint density at radius 1 is 1.37 bits per heavy atom. The molecule has 3 rings (SSSR count). The first kappa shape index (κ1) is 18.9. The van der Waals surface area contributed by atoms with Crippen LogP contribution >= 0.6 is 11.3 Å². The molecule has 0 aromatic carbocycles. The van der Waals surface area contributed by atoms with E-state index in [2.05, 4.69) is 5.32 Å². The van der Waals surface area contributed by atoms with Crippen molar-refractivity contribution in [2.24, 2.45) is 0 Å². The lowest BCUT2D eigenvalue weighted by Crippen LogP contribution is -2.18. The molecule has 6 nitrogen and oxygen atoms in total. The number of esters is 1. The van der Waals surface area contributed by atoms with Crippen LogP contribution in [-0.4, -0.2) is 18.0 Å². The highest BCUT2D eigenvalue weighted by molar-refractivity contribution is 7.17. The van der Waals surface area contributed by atoms with Gasteiger partial charge >= 0.3 is 5.97 Å². The lowest BCUT2D eigenvalue weighted by molar-refractivity contribution is -0.112. The van der Waals surface area contributed by atoms with Gasteiger partial charge in [0.2, 0.25) is 0 Å². The van der Waals surface area contributed by atoms with Crippen molar-refractivity contribution >= 4 is 34.3 Å². The van der Waals surface area contributed by atoms with Gasteiger partial charge in [-0.05, 0) is 57.2 Å². The van der Waals surface area contributed by atoms with Gasteiger partial charge in [-0.15, -0.1) is 11.3 Å². The molecule has 1 aliphatic rings. The molecule has 7 heteroatoms. The van der Waals surface area contributed by atoms with Crippen LogP contribution in [0, 0.1) is 11.3 Å². The van der Waals surface area contributed by atoms with E-state index < -0.39 is 11.9 Å². The van der Waals surface area contributed by atoms with Crippen LogP contribution in [0.1, 0.15) is 53.2 Å². The first-order chi connectivity index (χ1) is 13.0. The molecule has 0 spiro atoms. The average molecular weight is 384 g/mol. The van der Waals surface area contributed by atoms with Gasteiger partial charge in [0, 0.05) is 11.0 Å². The molecule has 2 heterocycles. The third-order valence-corrected chi connectivity index (χ3v) is 5.35. The van der Waals surface area contributed by atoms with Crippen molar-refractivity contribution in [2.75, 3.05) is 5.32 Å². The van der Waals surface area contributed by atoms with Crippen LogP contribution in [0.25, 0.3) is 6.08 Å². The summed E-state index contributed by atoms with van der Waals surface area (Å²) in [6, 6.07) is 5.21. The molecular weight excluding hydrogens is 364 g/mol. The zero-order valence-electron chi connectivity index (χ0n) is 15.2. The van der Waals surface area contributed by atoms with Crippen molar-refractivity contribution in [3.63, 3.8) is 0 Å². The molecule has 0 aliphatic heterocycles. The topological polar surface area (TPSA) is 92.3 Å². The van der Waals surface area contributed by atoms with Crippen LogP contribution in [-0.2, 0) is 22.4 Å². The van der Waals surface area contributed by atoms with Crippen LogP contribution < -0.4 is 5.32 Å². The molecular formula is C20H20N2O4S.